The molecule has 0 aliphatic heterocycles. The number of anilines is 1. The Morgan fingerprint density at radius 1 is 1.08 bits per heavy atom. The smallest absolute Gasteiger partial charge is 0.171 e. The van der Waals surface area contributed by atoms with E-state index in [1.807, 2.05) is 18.2 Å². The zero-order valence-electron chi connectivity index (χ0n) is 14.6. The van der Waals surface area contributed by atoms with Crippen molar-refractivity contribution >= 4 is 23.0 Å². The molecule has 0 saturated heterocycles. The molecule has 2 aromatic rings. The summed E-state index contributed by atoms with van der Waals surface area (Å²) in [7, 11) is 3.25. The standard InChI is InChI=1S/C19H24N2O2S/c1-5-16(14-8-6-13(2)7-9-14)20-19(24)21-17-11-10-15(22-3)12-18(17)23-4/h6-12,16H,5H2,1-4H3,(H2,20,21,24)/t16-/m1/s1. The monoisotopic (exact) mass is 344 g/mol. The number of benzene rings is 2. The van der Waals surface area contributed by atoms with E-state index in [0.717, 1.165) is 17.9 Å². The Kier molecular flexibility index (Phi) is 6.44. The Morgan fingerprint density at radius 2 is 1.79 bits per heavy atom. The summed E-state index contributed by atoms with van der Waals surface area (Å²) in [6.45, 7) is 4.22. The highest BCUT2D eigenvalue weighted by molar-refractivity contribution is 7.80. The summed E-state index contributed by atoms with van der Waals surface area (Å²) in [4.78, 5) is 0. The maximum Gasteiger partial charge on any atom is 0.171 e. The van der Waals surface area contributed by atoms with Crippen molar-refractivity contribution in [2.75, 3.05) is 19.5 Å². The molecular formula is C19H24N2O2S. The first kappa shape index (κ1) is 18.1. The van der Waals surface area contributed by atoms with Gasteiger partial charge in [0.2, 0.25) is 0 Å². The molecule has 1 atom stereocenters. The number of nitrogens with one attached hydrogen (secondary N) is 2. The summed E-state index contributed by atoms with van der Waals surface area (Å²) >= 11 is 5.46. The van der Waals surface area contributed by atoms with Gasteiger partial charge in [0.05, 0.1) is 25.9 Å². The van der Waals surface area contributed by atoms with Crippen molar-refractivity contribution in [2.24, 2.45) is 0 Å². The van der Waals surface area contributed by atoms with Crippen LogP contribution in [-0.4, -0.2) is 19.3 Å². The third-order valence-electron chi connectivity index (χ3n) is 3.85. The summed E-state index contributed by atoms with van der Waals surface area (Å²) < 4.78 is 10.6. The fourth-order valence-electron chi connectivity index (χ4n) is 2.44. The molecule has 0 spiro atoms. The zero-order valence-corrected chi connectivity index (χ0v) is 15.4. The Bertz CT molecular complexity index is 686. The minimum absolute atomic E-state index is 0.162. The van der Waals surface area contributed by atoms with Gasteiger partial charge in [-0.2, -0.15) is 0 Å². The lowest BCUT2D eigenvalue weighted by atomic mass is 10.0. The van der Waals surface area contributed by atoms with Gasteiger partial charge in [-0.15, -0.1) is 0 Å². The molecular weight excluding hydrogens is 320 g/mol. The highest BCUT2D eigenvalue weighted by Crippen LogP contribution is 2.29. The molecule has 0 heterocycles. The van der Waals surface area contributed by atoms with Crippen LogP contribution in [0.15, 0.2) is 42.5 Å². The average molecular weight is 344 g/mol. The molecule has 2 rings (SSSR count). The van der Waals surface area contributed by atoms with Crippen LogP contribution in [0.4, 0.5) is 5.69 Å². The van der Waals surface area contributed by atoms with E-state index in [1.165, 1.54) is 11.1 Å². The topological polar surface area (TPSA) is 42.5 Å². The van der Waals surface area contributed by atoms with Crippen LogP contribution in [0.1, 0.15) is 30.5 Å². The number of methoxy groups -OCH3 is 2. The lowest BCUT2D eigenvalue weighted by Gasteiger charge is -2.21. The predicted molar refractivity (Wildman–Crippen MR) is 103 cm³/mol. The van der Waals surface area contributed by atoms with Crippen LogP contribution >= 0.6 is 12.2 Å². The molecule has 2 aromatic carbocycles. The van der Waals surface area contributed by atoms with E-state index in [4.69, 9.17) is 21.7 Å². The first-order valence-corrected chi connectivity index (χ1v) is 8.34. The molecule has 0 aliphatic rings. The van der Waals surface area contributed by atoms with Crippen molar-refractivity contribution in [3.8, 4) is 11.5 Å². The van der Waals surface area contributed by atoms with Crippen LogP contribution < -0.4 is 20.1 Å². The van der Waals surface area contributed by atoms with Gasteiger partial charge < -0.3 is 20.1 Å². The fourth-order valence-corrected chi connectivity index (χ4v) is 2.69. The predicted octanol–water partition coefficient (Wildman–Crippen LogP) is 4.45. The molecule has 5 heteroatoms. The summed E-state index contributed by atoms with van der Waals surface area (Å²) in [5.74, 6) is 1.42. The number of thiocarbonyl (C=S) groups is 1. The number of ether oxygens (including phenoxy) is 2. The van der Waals surface area contributed by atoms with Gasteiger partial charge in [0.1, 0.15) is 11.5 Å². The highest BCUT2D eigenvalue weighted by Gasteiger charge is 2.12. The van der Waals surface area contributed by atoms with E-state index in [-0.39, 0.29) is 6.04 Å². The molecule has 24 heavy (non-hydrogen) atoms. The van der Waals surface area contributed by atoms with Gasteiger partial charge in [0, 0.05) is 6.07 Å². The van der Waals surface area contributed by atoms with Crippen LogP contribution in [0.2, 0.25) is 0 Å². The number of hydrogen-bond donors (Lipinski definition) is 2. The maximum atomic E-state index is 5.46. The third-order valence-corrected chi connectivity index (χ3v) is 4.07. The van der Waals surface area contributed by atoms with Crippen molar-refractivity contribution < 1.29 is 9.47 Å². The molecule has 128 valence electrons. The lowest BCUT2D eigenvalue weighted by Crippen LogP contribution is -2.32. The van der Waals surface area contributed by atoms with Gasteiger partial charge in [-0.05, 0) is 43.3 Å². The van der Waals surface area contributed by atoms with Crippen LogP contribution in [0.25, 0.3) is 0 Å². The van der Waals surface area contributed by atoms with Crippen molar-refractivity contribution in [1.82, 2.24) is 5.32 Å². The van der Waals surface area contributed by atoms with E-state index in [9.17, 15) is 0 Å². The second-order valence-electron chi connectivity index (χ2n) is 5.54. The minimum Gasteiger partial charge on any atom is -0.497 e. The van der Waals surface area contributed by atoms with E-state index in [0.29, 0.717) is 10.9 Å². The largest absolute Gasteiger partial charge is 0.497 e. The van der Waals surface area contributed by atoms with Gasteiger partial charge in [-0.1, -0.05) is 36.8 Å². The van der Waals surface area contributed by atoms with E-state index in [1.54, 1.807) is 14.2 Å². The lowest BCUT2D eigenvalue weighted by molar-refractivity contribution is 0.395. The number of rotatable bonds is 6. The molecule has 0 bridgehead atoms. The van der Waals surface area contributed by atoms with Gasteiger partial charge in [0.15, 0.2) is 5.11 Å². The summed E-state index contributed by atoms with van der Waals surface area (Å²) in [5, 5.41) is 7.12. The Balaban J connectivity index is 2.07. The van der Waals surface area contributed by atoms with Crippen LogP contribution in [-0.2, 0) is 0 Å². The van der Waals surface area contributed by atoms with Crippen LogP contribution in [0, 0.1) is 6.92 Å². The Morgan fingerprint density at radius 3 is 2.38 bits per heavy atom. The van der Waals surface area contributed by atoms with Crippen LogP contribution in [0.5, 0.6) is 11.5 Å². The van der Waals surface area contributed by atoms with Gasteiger partial charge in [-0.3, -0.25) is 0 Å². The van der Waals surface area contributed by atoms with E-state index >= 15 is 0 Å². The number of hydrogen-bond acceptors (Lipinski definition) is 3. The Hall–Kier alpha value is -2.27. The third kappa shape index (κ3) is 4.61. The second kappa shape index (κ2) is 8.55. The summed E-state index contributed by atoms with van der Waals surface area (Å²) in [6, 6.07) is 14.2. The molecule has 0 radical (unpaired) electrons. The second-order valence-corrected chi connectivity index (χ2v) is 5.94. The zero-order chi connectivity index (χ0) is 17.5. The SMILES string of the molecule is CC[C@@H](NC(=S)Nc1ccc(OC)cc1OC)c1ccc(C)cc1. The van der Waals surface area contributed by atoms with Gasteiger partial charge in [-0.25, -0.2) is 0 Å². The van der Waals surface area contributed by atoms with Gasteiger partial charge >= 0.3 is 0 Å². The molecule has 0 unspecified atom stereocenters. The molecule has 0 fully saturated rings. The molecule has 0 amide bonds. The van der Waals surface area contributed by atoms with Crippen molar-refractivity contribution in [2.45, 2.75) is 26.3 Å². The van der Waals surface area contributed by atoms with E-state index in [2.05, 4.69) is 48.7 Å². The molecule has 4 nitrogen and oxygen atoms in total. The molecule has 0 aliphatic carbocycles. The molecule has 0 aromatic heterocycles. The minimum atomic E-state index is 0.162. The maximum absolute atomic E-state index is 5.46. The Labute approximate surface area is 149 Å². The van der Waals surface area contributed by atoms with Gasteiger partial charge in [0.25, 0.3) is 0 Å². The van der Waals surface area contributed by atoms with Crippen molar-refractivity contribution in [3.05, 3.63) is 53.6 Å². The van der Waals surface area contributed by atoms with Crippen molar-refractivity contribution in [3.63, 3.8) is 0 Å². The highest BCUT2D eigenvalue weighted by atomic mass is 32.1. The van der Waals surface area contributed by atoms with Crippen LogP contribution in [0.3, 0.4) is 0 Å². The normalized spacial score (nSPS) is 11.5. The molecule has 2 N–H and O–H groups in total. The fraction of sp³-hybridized carbons (Fsp3) is 0.316. The quantitative estimate of drug-likeness (QED) is 0.758. The van der Waals surface area contributed by atoms with E-state index < -0.39 is 0 Å². The number of aryl methyl sites for hydroxylation is 1. The van der Waals surface area contributed by atoms with Crippen molar-refractivity contribution in [1.29, 1.82) is 0 Å². The summed E-state index contributed by atoms with van der Waals surface area (Å²) in [6.07, 6.45) is 0.935. The summed E-state index contributed by atoms with van der Waals surface area (Å²) in [5.41, 5.74) is 3.26. The average Bonchev–Trinajstić information content (AvgIpc) is 2.60. The molecule has 0 saturated carbocycles. The first-order valence-electron chi connectivity index (χ1n) is 7.93. The first-order chi connectivity index (χ1) is 11.6.